The van der Waals surface area contributed by atoms with Crippen molar-refractivity contribution >= 4 is 33.3 Å². The van der Waals surface area contributed by atoms with Gasteiger partial charge in [-0.3, -0.25) is 9.10 Å². The van der Waals surface area contributed by atoms with E-state index in [-0.39, 0.29) is 22.9 Å². The Balaban J connectivity index is 2.62. The van der Waals surface area contributed by atoms with E-state index in [0.717, 1.165) is 4.31 Å². The zero-order valence-corrected chi connectivity index (χ0v) is 17.6. The summed E-state index contributed by atoms with van der Waals surface area (Å²) in [5, 5.41) is 0.297. The van der Waals surface area contributed by atoms with E-state index in [0.29, 0.717) is 16.3 Å². The van der Waals surface area contributed by atoms with Gasteiger partial charge in [-0.05, 0) is 55.8 Å². The maximum atomic E-state index is 13.4. The van der Waals surface area contributed by atoms with Gasteiger partial charge in [0.2, 0.25) is 0 Å². The number of rotatable bonds is 8. The second-order valence-corrected chi connectivity index (χ2v) is 8.06. The van der Waals surface area contributed by atoms with E-state index in [1.807, 2.05) is 0 Å². The van der Waals surface area contributed by atoms with Crippen molar-refractivity contribution in [2.24, 2.45) is 0 Å². The number of halogens is 1. The van der Waals surface area contributed by atoms with Crippen LogP contribution in [0.2, 0.25) is 5.02 Å². The lowest BCUT2D eigenvalue weighted by Gasteiger charge is -2.25. The first-order chi connectivity index (χ1) is 13.2. The molecule has 0 unspecified atom stereocenters. The molecule has 0 saturated carbocycles. The zero-order valence-electron chi connectivity index (χ0n) is 16.1. The fourth-order valence-electron chi connectivity index (χ4n) is 2.62. The molecule has 0 atom stereocenters. The van der Waals surface area contributed by atoms with E-state index in [2.05, 4.69) is 0 Å². The highest BCUT2D eigenvalue weighted by atomic mass is 35.5. The first kappa shape index (κ1) is 21.8. The first-order valence-electron chi connectivity index (χ1n) is 8.41. The Morgan fingerprint density at radius 3 is 2.29 bits per heavy atom. The molecule has 9 heteroatoms. The summed E-state index contributed by atoms with van der Waals surface area (Å²) in [5.74, 6) is 0.108. The second kappa shape index (κ2) is 9.16. The lowest BCUT2D eigenvalue weighted by atomic mass is 10.2. The number of anilines is 1. The van der Waals surface area contributed by atoms with Crippen LogP contribution in [0.1, 0.15) is 12.5 Å². The molecule has 7 nitrogen and oxygen atoms in total. The predicted octanol–water partition coefficient (Wildman–Crippen LogP) is 3.42. The number of sulfonamides is 1. The van der Waals surface area contributed by atoms with Gasteiger partial charge in [-0.15, -0.1) is 0 Å². The summed E-state index contributed by atoms with van der Waals surface area (Å²) in [6.45, 7) is 2.97. The summed E-state index contributed by atoms with van der Waals surface area (Å²) < 4.78 is 43.1. The molecule has 0 aliphatic heterocycles. The van der Waals surface area contributed by atoms with E-state index in [9.17, 15) is 13.2 Å². The Kier molecular flexibility index (Phi) is 7.15. The molecule has 0 aromatic heterocycles. The van der Waals surface area contributed by atoms with E-state index in [1.54, 1.807) is 26.0 Å². The molecule has 0 fully saturated rings. The molecule has 0 amide bonds. The van der Waals surface area contributed by atoms with Crippen LogP contribution in [0.5, 0.6) is 11.5 Å². The van der Waals surface area contributed by atoms with Crippen molar-refractivity contribution in [2.75, 3.05) is 31.7 Å². The molecule has 0 radical (unpaired) electrons. The molecular weight excluding hydrogens is 406 g/mol. The van der Waals surface area contributed by atoms with Crippen LogP contribution in [0, 0.1) is 6.92 Å². The third-order valence-electron chi connectivity index (χ3n) is 3.94. The monoisotopic (exact) mass is 427 g/mol. The highest BCUT2D eigenvalue weighted by Crippen LogP contribution is 2.35. The molecule has 2 aromatic carbocycles. The smallest absolute Gasteiger partial charge is 0.326 e. The van der Waals surface area contributed by atoms with E-state index < -0.39 is 22.5 Å². The van der Waals surface area contributed by atoms with Gasteiger partial charge < -0.3 is 14.2 Å². The molecule has 0 N–H and O–H groups in total. The highest BCUT2D eigenvalue weighted by molar-refractivity contribution is 7.92. The maximum absolute atomic E-state index is 13.4. The average molecular weight is 428 g/mol. The van der Waals surface area contributed by atoms with Crippen molar-refractivity contribution in [2.45, 2.75) is 18.7 Å². The third kappa shape index (κ3) is 4.69. The Morgan fingerprint density at radius 1 is 1.07 bits per heavy atom. The predicted molar refractivity (Wildman–Crippen MR) is 107 cm³/mol. The van der Waals surface area contributed by atoms with Gasteiger partial charge in [0.05, 0.1) is 31.4 Å². The summed E-state index contributed by atoms with van der Waals surface area (Å²) in [7, 11) is -1.22. The molecule has 0 bridgehead atoms. The summed E-state index contributed by atoms with van der Waals surface area (Å²) >= 11 is 6.07. The van der Waals surface area contributed by atoms with E-state index in [1.165, 1.54) is 38.5 Å². The van der Waals surface area contributed by atoms with Crippen LogP contribution in [0.15, 0.2) is 41.3 Å². The summed E-state index contributed by atoms with van der Waals surface area (Å²) in [6, 6.07) is 8.97. The van der Waals surface area contributed by atoms with Crippen molar-refractivity contribution in [3.05, 3.63) is 47.0 Å². The number of carbonyl (C=O) groups excluding carboxylic acids is 1. The van der Waals surface area contributed by atoms with E-state index in [4.69, 9.17) is 25.8 Å². The molecule has 0 aliphatic rings. The van der Waals surface area contributed by atoms with Gasteiger partial charge in [-0.25, -0.2) is 8.42 Å². The number of hydrogen-bond acceptors (Lipinski definition) is 6. The Bertz CT molecular complexity index is 961. The van der Waals surface area contributed by atoms with Gasteiger partial charge >= 0.3 is 5.97 Å². The number of hydrogen-bond donors (Lipinski definition) is 0. The van der Waals surface area contributed by atoms with Gasteiger partial charge in [0.15, 0.2) is 0 Å². The fourth-order valence-corrected chi connectivity index (χ4v) is 4.28. The lowest BCUT2D eigenvalue weighted by molar-refractivity contribution is -0.141. The van der Waals surface area contributed by atoms with Crippen LogP contribution in [0.25, 0.3) is 0 Å². The van der Waals surface area contributed by atoms with Crippen LogP contribution >= 0.6 is 11.6 Å². The van der Waals surface area contributed by atoms with Gasteiger partial charge in [0.25, 0.3) is 10.0 Å². The highest BCUT2D eigenvalue weighted by Gasteiger charge is 2.30. The Hall–Kier alpha value is -2.45. The van der Waals surface area contributed by atoms with Crippen molar-refractivity contribution in [3.63, 3.8) is 0 Å². The standard InChI is InChI=1S/C19H22ClNO6S/c1-5-27-19(22)12-21(16-11-14(20)6-8-18(16)26-4)28(23,24)15-7-9-17(25-3)13(2)10-15/h6-11H,5,12H2,1-4H3. The molecular formula is C19H22ClNO6S. The van der Waals surface area contributed by atoms with Crippen LogP contribution in [0.4, 0.5) is 5.69 Å². The minimum atomic E-state index is -4.13. The minimum absolute atomic E-state index is 0.00266. The topological polar surface area (TPSA) is 82.1 Å². The number of nitrogens with zero attached hydrogens (tertiary/aromatic N) is 1. The Morgan fingerprint density at radius 2 is 1.71 bits per heavy atom. The lowest BCUT2D eigenvalue weighted by Crippen LogP contribution is -2.37. The fraction of sp³-hybridized carbons (Fsp3) is 0.316. The van der Waals surface area contributed by atoms with Crippen molar-refractivity contribution < 1.29 is 27.4 Å². The van der Waals surface area contributed by atoms with Crippen LogP contribution in [0.3, 0.4) is 0 Å². The third-order valence-corrected chi connectivity index (χ3v) is 5.93. The molecule has 0 aliphatic carbocycles. The normalized spacial score (nSPS) is 11.0. The van der Waals surface area contributed by atoms with Crippen molar-refractivity contribution in [1.82, 2.24) is 0 Å². The number of benzene rings is 2. The van der Waals surface area contributed by atoms with E-state index >= 15 is 0 Å². The minimum Gasteiger partial charge on any atom is -0.496 e. The quantitative estimate of drug-likeness (QED) is 0.600. The largest absolute Gasteiger partial charge is 0.496 e. The Labute approximate surface area is 169 Å². The summed E-state index contributed by atoms with van der Waals surface area (Å²) in [5.41, 5.74) is 0.772. The number of esters is 1. The molecule has 2 rings (SSSR count). The van der Waals surface area contributed by atoms with Crippen molar-refractivity contribution in [1.29, 1.82) is 0 Å². The average Bonchev–Trinajstić information content (AvgIpc) is 2.66. The number of methoxy groups -OCH3 is 2. The number of carbonyl (C=O) groups is 1. The van der Waals surface area contributed by atoms with Gasteiger partial charge in [0.1, 0.15) is 18.0 Å². The molecule has 2 aromatic rings. The zero-order chi connectivity index (χ0) is 20.9. The number of ether oxygens (including phenoxy) is 3. The number of aryl methyl sites for hydroxylation is 1. The molecule has 152 valence electrons. The molecule has 0 heterocycles. The summed E-state index contributed by atoms with van der Waals surface area (Å²) in [4.78, 5) is 12.1. The van der Waals surface area contributed by atoms with Gasteiger partial charge in [-0.1, -0.05) is 11.6 Å². The first-order valence-corrected chi connectivity index (χ1v) is 10.2. The van der Waals surface area contributed by atoms with Gasteiger partial charge in [-0.2, -0.15) is 0 Å². The van der Waals surface area contributed by atoms with Gasteiger partial charge in [0, 0.05) is 5.02 Å². The second-order valence-electron chi connectivity index (χ2n) is 5.76. The SMILES string of the molecule is CCOC(=O)CN(c1cc(Cl)ccc1OC)S(=O)(=O)c1ccc(OC)c(C)c1. The summed E-state index contributed by atoms with van der Waals surface area (Å²) in [6.07, 6.45) is 0. The van der Waals surface area contributed by atoms with Crippen LogP contribution in [-0.2, 0) is 19.6 Å². The molecule has 0 spiro atoms. The van der Waals surface area contributed by atoms with Crippen LogP contribution in [-0.4, -0.2) is 41.8 Å². The molecule has 28 heavy (non-hydrogen) atoms. The van der Waals surface area contributed by atoms with Crippen molar-refractivity contribution in [3.8, 4) is 11.5 Å². The molecule has 0 saturated heterocycles. The maximum Gasteiger partial charge on any atom is 0.326 e. The van der Waals surface area contributed by atoms with Crippen LogP contribution < -0.4 is 13.8 Å².